The molecule has 1 aliphatic rings. The van der Waals surface area contributed by atoms with Crippen LogP contribution in [-0.2, 0) is 22.6 Å². The molecule has 1 aromatic heterocycles. The van der Waals surface area contributed by atoms with Crippen LogP contribution in [0, 0.1) is 5.82 Å². The Morgan fingerprint density at radius 1 is 1.15 bits per heavy atom. The summed E-state index contributed by atoms with van der Waals surface area (Å²) in [6, 6.07) is 6.04. The average Bonchev–Trinajstić information content (AvgIpc) is 3.25. The molecule has 2 aromatic rings. The minimum Gasteiger partial charge on any atom is -0.367 e. The van der Waals surface area contributed by atoms with Gasteiger partial charge in [0, 0.05) is 18.0 Å². The largest absolute Gasteiger partial charge is 0.367 e. The smallest absolute Gasteiger partial charge is 0.321 e. The second kappa shape index (κ2) is 15.6. The predicted molar refractivity (Wildman–Crippen MR) is 134 cm³/mol. The van der Waals surface area contributed by atoms with E-state index in [0.717, 1.165) is 62.9 Å². The number of amides is 3. The lowest BCUT2D eigenvalue weighted by Crippen LogP contribution is -2.44. The van der Waals surface area contributed by atoms with Gasteiger partial charge in [0.1, 0.15) is 12.4 Å². The molecule has 34 heavy (non-hydrogen) atoms. The van der Waals surface area contributed by atoms with Crippen LogP contribution < -0.4 is 21.3 Å². The number of urea groups is 1. The summed E-state index contributed by atoms with van der Waals surface area (Å²) in [5.41, 5.74) is 1.79. The molecule has 3 rings (SSSR count). The van der Waals surface area contributed by atoms with Gasteiger partial charge in [0.15, 0.2) is 5.13 Å². The first-order valence-corrected chi connectivity index (χ1v) is 12.3. The van der Waals surface area contributed by atoms with Gasteiger partial charge >= 0.3 is 6.03 Å². The van der Waals surface area contributed by atoms with Crippen LogP contribution in [0.1, 0.15) is 43.4 Å². The van der Waals surface area contributed by atoms with E-state index in [9.17, 15) is 14.0 Å². The van der Waals surface area contributed by atoms with Crippen molar-refractivity contribution in [1.82, 2.24) is 20.9 Å². The van der Waals surface area contributed by atoms with Crippen LogP contribution in [0.25, 0.3) is 0 Å². The summed E-state index contributed by atoms with van der Waals surface area (Å²) in [5, 5.41) is 14.5. The fraction of sp³-hybridized carbons (Fsp3) is 0.522. The van der Waals surface area contributed by atoms with Crippen molar-refractivity contribution in [2.24, 2.45) is 0 Å². The molecule has 0 atom stereocenters. The number of nitrogens with zero attached hydrogens (tertiary/aromatic N) is 1. The number of carbonyl (C=O) groups is 2. The Labute approximate surface area is 209 Å². The minimum absolute atomic E-state index is 0. The lowest BCUT2D eigenvalue weighted by atomic mass is 10.1. The maximum absolute atomic E-state index is 12.9. The third kappa shape index (κ3) is 10.8. The molecule has 0 bridgehead atoms. The molecule has 2 heterocycles. The van der Waals surface area contributed by atoms with E-state index in [1.807, 2.05) is 5.38 Å². The minimum atomic E-state index is -0.293. The van der Waals surface area contributed by atoms with E-state index in [-0.39, 0.29) is 49.4 Å². The van der Waals surface area contributed by atoms with Gasteiger partial charge < -0.3 is 20.7 Å². The van der Waals surface area contributed by atoms with Gasteiger partial charge in [-0.25, -0.2) is 14.2 Å². The van der Waals surface area contributed by atoms with Gasteiger partial charge in [-0.3, -0.25) is 10.1 Å². The summed E-state index contributed by atoms with van der Waals surface area (Å²) in [6.45, 7) is 2.72. The number of hydrogen-bond acceptors (Lipinski definition) is 6. The van der Waals surface area contributed by atoms with E-state index in [1.54, 1.807) is 12.1 Å². The van der Waals surface area contributed by atoms with Crippen molar-refractivity contribution in [1.29, 1.82) is 0 Å². The van der Waals surface area contributed by atoms with E-state index in [4.69, 9.17) is 4.74 Å². The number of halogens is 2. The molecule has 188 valence electrons. The lowest BCUT2D eigenvalue weighted by Gasteiger charge is -2.23. The summed E-state index contributed by atoms with van der Waals surface area (Å²) >= 11 is 1.43. The Bertz CT molecular complexity index is 878. The number of hydrogen-bond donors (Lipinski definition) is 4. The van der Waals surface area contributed by atoms with Crippen LogP contribution in [0.4, 0.5) is 14.3 Å². The van der Waals surface area contributed by atoms with Crippen molar-refractivity contribution >= 4 is 40.8 Å². The maximum Gasteiger partial charge on any atom is 0.321 e. The van der Waals surface area contributed by atoms with Gasteiger partial charge in [-0.1, -0.05) is 18.6 Å². The number of anilines is 1. The maximum atomic E-state index is 12.9. The van der Waals surface area contributed by atoms with E-state index in [1.165, 1.54) is 23.5 Å². The Kier molecular flexibility index (Phi) is 12.8. The number of aromatic nitrogens is 1. The van der Waals surface area contributed by atoms with Gasteiger partial charge in [0.2, 0.25) is 5.91 Å². The number of aryl methyl sites for hydroxylation is 1. The van der Waals surface area contributed by atoms with E-state index in [0.29, 0.717) is 11.7 Å². The number of thiazole rings is 1. The molecule has 1 saturated heterocycles. The lowest BCUT2D eigenvalue weighted by molar-refractivity contribution is -0.126. The fourth-order valence-corrected chi connectivity index (χ4v) is 4.23. The standard InChI is InChI=1S/C23H32FN5O3S.ClH/c24-18-7-5-17(6-8-18)14-32-15-21(30)26-11-3-1-2-4-20-16-33-23(28-20)29-22(31)27-19-9-12-25-13-10-19;/h5-8,16,19,25H,1-4,9-15H2,(H,26,30)(H2,27,28,29,31);1H. The molecule has 3 amide bonds. The van der Waals surface area contributed by atoms with Crippen molar-refractivity contribution < 1.29 is 18.7 Å². The topological polar surface area (TPSA) is 104 Å². The number of nitrogens with one attached hydrogen (secondary N) is 4. The number of ether oxygens (including phenoxy) is 1. The average molecular weight is 514 g/mol. The summed E-state index contributed by atoms with van der Waals surface area (Å²) in [6.07, 6.45) is 5.52. The van der Waals surface area contributed by atoms with E-state index >= 15 is 0 Å². The molecule has 0 unspecified atom stereocenters. The molecule has 1 fully saturated rings. The molecule has 8 nitrogen and oxygen atoms in total. The van der Waals surface area contributed by atoms with E-state index in [2.05, 4.69) is 26.3 Å². The zero-order valence-electron chi connectivity index (χ0n) is 19.1. The number of rotatable bonds is 12. The summed E-state index contributed by atoms with van der Waals surface area (Å²) in [4.78, 5) is 28.4. The molecule has 0 aliphatic carbocycles. The molecule has 4 N–H and O–H groups in total. The Morgan fingerprint density at radius 3 is 2.68 bits per heavy atom. The second-order valence-corrected chi connectivity index (χ2v) is 8.90. The van der Waals surface area contributed by atoms with Gasteiger partial charge in [-0.05, 0) is 62.9 Å². The predicted octanol–water partition coefficient (Wildman–Crippen LogP) is 3.62. The highest BCUT2D eigenvalue weighted by atomic mass is 35.5. The Balaban J connectivity index is 0.00000408. The third-order valence-corrected chi connectivity index (χ3v) is 6.10. The normalized spacial score (nSPS) is 13.7. The molecule has 0 saturated carbocycles. The number of unbranched alkanes of at least 4 members (excludes halogenated alkanes) is 2. The zero-order chi connectivity index (χ0) is 23.3. The first-order chi connectivity index (χ1) is 16.1. The van der Waals surface area contributed by atoms with Crippen LogP contribution in [0.5, 0.6) is 0 Å². The fourth-order valence-electron chi connectivity index (χ4n) is 3.49. The van der Waals surface area contributed by atoms with Gasteiger partial charge in [-0.2, -0.15) is 0 Å². The van der Waals surface area contributed by atoms with Crippen molar-refractivity contribution in [3.05, 3.63) is 46.7 Å². The molecule has 1 aliphatic heterocycles. The zero-order valence-corrected chi connectivity index (χ0v) is 20.7. The SMILES string of the molecule is Cl.O=C(COCc1ccc(F)cc1)NCCCCCc1csc(NC(=O)NC2CCNCC2)n1. The summed E-state index contributed by atoms with van der Waals surface area (Å²) in [5.74, 6) is -0.450. The molecule has 0 radical (unpaired) electrons. The summed E-state index contributed by atoms with van der Waals surface area (Å²) in [7, 11) is 0. The van der Waals surface area contributed by atoms with Crippen LogP contribution in [0.15, 0.2) is 29.6 Å². The first-order valence-electron chi connectivity index (χ1n) is 11.4. The number of piperidine rings is 1. The number of carbonyl (C=O) groups excluding carboxylic acids is 2. The monoisotopic (exact) mass is 513 g/mol. The van der Waals surface area contributed by atoms with Crippen molar-refractivity contribution in [3.63, 3.8) is 0 Å². The second-order valence-electron chi connectivity index (χ2n) is 8.05. The first kappa shape index (κ1) is 28.0. The van der Waals surface area contributed by atoms with Crippen LogP contribution in [0.2, 0.25) is 0 Å². The quantitative estimate of drug-likeness (QED) is 0.324. The highest BCUT2D eigenvalue weighted by Gasteiger charge is 2.16. The van der Waals surface area contributed by atoms with Crippen molar-refractivity contribution in [3.8, 4) is 0 Å². The molecular formula is C23H33ClFN5O3S. The van der Waals surface area contributed by atoms with Crippen molar-refractivity contribution in [2.45, 2.75) is 51.2 Å². The third-order valence-electron chi connectivity index (χ3n) is 5.29. The van der Waals surface area contributed by atoms with Gasteiger partial charge in [0.05, 0.1) is 12.3 Å². The Morgan fingerprint density at radius 2 is 1.91 bits per heavy atom. The van der Waals surface area contributed by atoms with Crippen LogP contribution >= 0.6 is 23.7 Å². The van der Waals surface area contributed by atoms with Crippen LogP contribution in [0.3, 0.4) is 0 Å². The molecule has 0 spiro atoms. The highest BCUT2D eigenvalue weighted by molar-refractivity contribution is 7.13. The van der Waals surface area contributed by atoms with Crippen LogP contribution in [-0.4, -0.2) is 49.2 Å². The Hall–Kier alpha value is -2.27. The molecule has 11 heteroatoms. The van der Waals surface area contributed by atoms with Gasteiger partial charge in [0.25, 0.3) is 0 Å². The van der Waals surface area contributed by atoms with E-state index < -0.39 is 0 Å². The van der Waals surface area contributed by atoms with Gasteiger partial charge in [-0.15, -0.1) is 23.7 Å². The highest BCUT2D eigenvalue weighted by Crippen LogP contribution is 2.17. The van der Waals surface area contributed by atoms with Crippen molar-refractivity contribution in [2.75, 3.05) is 31.6 Å². The summed E-state index contributed by atoms with van der Waals surface area (Å²) < 4.78 is 18.2. The number of benzene rings is 1. The molecular weight excluding hydrogens is 481 g/mol. The molecule has 1 aromatic carbocycles.